The number of carbonyl (C=O) groups excluding carboxylic acids is 1. The Bertz CT molecular complexity index is 487. The van der Waals surface area contributed by atoms with Gasteiger partial charge in [-0.25, -0.2) is 0 Å². The molecule has 0 aromatic heterocycles. The Hall–Kier alpha value is -1.28. The third kappa shape index (κ3) is 1.87. The monoisotopic (exact) mass is 248 g/mol. The number of allylic oxidation sites excluding steroid dienone is 1. The summed E-state index contributed by atoms with van der Waals surface area (Å²) in [6.07, 6.45) is 2.51. The highest BCUT2D eigenvalue weighted by molar-refractivity contribution is 6.30. The van der Waals surface area contributed by atoms with Crippen molar-refractivity contribution in [3.63, 3.8) is 0 Å². The van der Waals surface area contributed by atoms with E-state index in [0.29, 0.717) is 11.6 Å². The lowest BCUT2D eigenvalue weighted by molar-refractivity contribution is -0.117. The Morgan fingerprint density at radius 3 is 2.71 bits per heavy atom. The van der Waals surface area contributed by atoms with Crippen LogP contribution < -0.4 is 0 Å². The van der Waals surface area contributed by atoms with E-state index < -0.39 is 0 Å². The quantitative estimate of drug-likeness (QED) is 0.761. The van der Waals surface area contributed by atoms with Crippen LogP contribution in [0, 0.1) is 0 Å². The van der Waals surface area contributed by atoms with Crippen LogP contribution in [0.2, 0.25) is 5.02 Å². The minimum absolute atomic E-state index is 0.00674. The molecular weight excluding hydrogens is 236 g/mol. The van der Waals surface area contributed by atoms with Gasteiger partial charge in [-0.2, -0.15) is 0 Å². The van der Waals surface area contributed by atoms with Gasteiger partial charge in [-0.05, 0) is 24.1 Å². The molecule has 2 nitrogen and oxygen atoms in total. The molecule has 1 heterocycles. The lowest BCUT2D eigenvalue weighted by Crippen LogP contribution is -2.19. The van der Waals surface area contributed by atoms with Gasteiger partial charge in [0.2, 0.25) is 0 Å². The van der Waals surface area contributed by atoms with Crippen molar-refractivity contribution in [2.75, 3.05) is 6.61 Å². The molecular formula is C14H13ClO2. The summed E-state index contributed by atoms with van der Waals surface area (Å²) >= 11 is 5.86. The lowest BCUT2D eigenvalue weighted by atomic mass is 9.81. The maximum absolute atomic E-state index is 12.3. The summed E-state index contributed by atoms with van der Waals surface area (Å²) < 4.78 is 5.47. The number of halogens is 1. The molecule has 1 atom stereocenters. The zero-order chi connectivity index (χ0) is 11.8. The lowest BCUT2D eigenvalue weighted by Gasteiger charge is -2.21. The number of Topliss-reactive ketones (excluding diaryl/α,β-unsaturated/α-hetero) is 1. The Morgan fingerprint density at radius 2 is 1.94 bits per heavy atom. The maximum Gasteiger partial charge on any atom is 0.169 e. The van der Waals surface area contributed by atoms with Crippen molar-refractivity contribution in [3.8, 4) is 0 Å². The molecule has 0 saturated heterocycles. The number of benzene rings is 1. The van der Waals surface area contributed by atoms with E-state index in [1.807, 2.05) is 24.3 Å². The van der Waals surface area contributed by atoms with Crippen molar-refractivity contribution >= 4 is 17.4 Å². The molecule has 0 N–H and O–H groups in total. The minimum Gasteiger partial charge on any atom is -0.497 e. The summed E-state index contributed by atoms with van der Waals surface area (Å²) in [6.45, 7) is 0.670. The number of rotatable bonds is 1. The zero-order valence-corrected chi connectivity index (χ0v) is 10.2. The molecule has 88 valence electrons. The van der Waals surface area contributed by atoms with E-state index in [1.54, 1.807) is 0 Å². The van der Waals surface area contributed by atoms with Crippen LogP contribution >= 0.6 is 11.6 Å². The van der Waals surface area contributed by atoms with E-state index in [-0.39, 0.29) is 11.7 Å². The Labute approximate surface area is 105 Å². The molecule has 1 aliphatic heterocycles. The van der Waals surface area contributed by atoms with Crippen molar-refractivity contribution < 1.29 is 9.53 Å². The van der Waals surface area contributed by atoms with Gasteiger partial charge in [-0.3, -0.25) is 4.79 Å². The molecule has 0 amide bonds. The number of hydrogen-bond donors (Lipinski definition) is 0. The molecule has 3 heteroatoms. The number of ketones is 1. The van der Waals surface area contributed by atoms with Crippen molar-refractivity contribution in [1.82, 2.24) is 0 Å². The second kappa shape index (κ2) is 4.19. The first-order valence-electron chi connectivity index (χ1n) is 5.90. The van der Waals surface area contributed by atoms with Crippen LogP contribution in [0.15, 0.2) is 35.6 Å². The molecule has 0 fully saturated rings. The van der Waals surface area contributed by atoms with Crippen LogP contribution in [0.5, 0.6) is 0 Å². The predicted molar refractivity (Wildman–Crippen MR) is 66.0 cm³/mol. The smallest absolute Gasteiger partial charge is 0.169 e. The Balaban J connectivity index is 1.91. The van der Waals surface area contributed by atoms with Crippen LogP contribution in [0.4, 0.5) is 0 Å². The van der Waals surface area contributed by atoms with Crippen molar-refractivity contribution in [3.05, 3.63) is 46.2 Å². The van der Waals surface area contributed by atoms with E-state index >= 15 is 0 Å². The third-order valence-electron chi connectivity index (χ3n) is 3.51. The number of hydrogen-bond acceptors (Lipinski definition) is 2. The molecule has 0 radical (unpaired) electrons. The van der Waals surface area contributed by atoms with Crippen LogP contribution in [-0.2, 0) is 9.53 Å². The normalized spacial score (nSPS) is 23.6. The summed E-state index contributed by atoms with van der Waals surface area (Å²) in [5.41, 5.74) is 1.98. The second-order valence-corrected chi connectivity index (χ2v) is 4.94. The highest BCUT2D eigenvalue weighted by Crippen LogP contribution is 2.38. The number of ether oxygens (including phenoxy) is 1. The second-order valence-electron chi connectivity index (χ2n) is 4.51. The SMILES string of the molecule is O=C1C2=C(CCC1c1ccc(Cl)cc1)OCC2. The fourth-order valence-electron chi connectivity index (χ4n) is 2.62. The highest BCUT2D eigenvalue weighted by atomic mass is 35.5. The first-order valence-corrected chi connectivity index (χ1v) is 6.28. The first kappa shape index (κ1) is 10.8. The molecule has 1 aromatic carbocycles. The molecule has 1 aromatic rings. The molecule has 0 spiro atoms. The summed E-state index contributed by atoms with van der Waals surface area (Å²) in [7, 11) is 0. The number of carbonyl (C=O) groups is 1. The molecule has 1 unspecified atom stereocenters. The van der Waals surface area contributed by atoms with Gasteiger partial charge in [0, 0.05) is 29.4 Å². The predicted octanol–water partition coefficient (Wildman–Crippen LogP) is 3.46. The standard InChI is InChI=1S/C14H13ClO2/c15-10-3-1-9(2-4-10)11-5-6-13-12(14(11)16)7-8-17-13/h1-4,11H,5-8H2. The van der Waals surface area contributed by atoms with Gasteiger partial charge in [0.05, 0.1) is 6.61 Å². The van der Waals surface area contributed by atoms with Gasteiger partial charge in [0.25, 0.3) is 0 Å². The van der Waals surface area contributed by atoms with Crippen LogP contribution in [0.1, 0.15) is 30.7 Å². The Morgan fingerprint density at radius 1 is 1.18 bits per heavy atom. The topological polar surface area (TPSA) is 26.3 Å². The van der Waals surface area contributed by atoms with Gasteiger partial charge in [-0.15, -0.1) is 0 Å². The van der Waals surface area contributed by atoms with Gasteiger partial charge in [0.15, 0.2) is 5.78 Å². The maximum atomic E-state index is 12.3. The van der Waals surface area contributed by atoms with Crippen molar-refractivity contribution in [2.45, 2.75) is 25.2 Å². The van der Waals surface area contributed by atoms with Gasteiger partial charge < -0.3 is 4.74 Å². The average molecular weight is 249 g/mol. The van der Waals surface area contributed by atoms with E-state index in [0.717, 1.165) is 36.2 Å². The van der Waals surface area contributed by atoms with Gasteiger partial charge in [0.1, 0.15) is 5.76 Å². The first-order chi connectivity index (χ1) is 8.25. The van der Waals surface area contributed by atoms with Crippen LogP contribution in [0.25, 0.3) is 0 Å². The summed E-state index contributed by atoms with van der Waals surface area (Å²) in [4.78, 5) is 12.3. The zero-order valence-electron chi connectivity index (χ0n) is 9.41. The fourth-order valence-corrected chi connectivity index (χ4v) is 2.74. The summed E-state index contributed by atoms with van der Waals surface area (Å²) in [5, 5.41) is 0.709. The van der Waals surface area contributed by atoms with E-state index in [2.05, 4.69) is 0 Å². The molecule has 0 bridgehead atoms. The molecule has 0 saturated carbocycles. The summed E-state index contributed by atoms with van der Waals surface area (Å²) in [6, 6.07) is 7.59. The van der Waals surface area contributed by atoms with E-state index in [1.165, 1.54) is 0 Å². The molecule has 1 aliphatic carbocycles. The summed E-state index contributed by atoms with van der Waals surface area (Å²) in [5.74, 6) is 1.17. The van der Waals surface area contributed by atoms with E-state index in [9.17, 15) is 4.79 Å². The Kier molecular flexibility index (Phi) is 2.67. The van der Waals surface area contributed by atoms with Gasteiger partial charge >= 0.3 is 0 Å². The molecule has 17 heavy (non-hydrogen) atoms. The highest BCUT2D eigenvalue weighted by Gasteiger charge is 2.33. The van der Waals surface area contributed by atoms with Crippen molar-refractivity contribution in [2.24, 2.45) is 0 Å². The molecule has 2 aliphatic rings. The minimum atomic E-state index is -0.00674. The average Bonchev–Trinajstić information content (AvgIpc) is 2.80. The molecule has 3 rings (SSSR count). The van der Waals surface area contributed by atoms with Crippen LogP contribution in [0.3, 0.4) is 0 Å². The van der Waals surface area contributed by atoms with Gasteiger partial charge in [-0.1, -0.05) is 23.7 Å². The fraction of sp³-hybridized carbons (Fsp3) is 0.357. The van der Waals surface area contributed by atoms with Crippen LogP contribution in [-0.4, -0.2) is 12.4 Å². The van der Waals surface area contributed by atoms with Crippen molar-refractivity contribution in [1.29, 1.82) is 0 Å². The van der Waals surface area contributed by atoms with E-state index in [4.69, 9.17) is 16.3 Å². The third-order valence-corrected chi connectivity index (χ3v) is 3.76. The largest absolute Gasteiger partial charge is 0.497 e.